The minimum atomic E-state index is -0.366. The molecule has 2 rings (SSSR count). The van der Waals surface area contributed by atoms with E-state index in [0.717, 1.165) is 5.75 Å². The van der Waals surface area contributed by atoms with Crippen molar-refractivity contribution in [2.75, 3.05) is 13.2 Å². The summed E-state index contributed by atoms with van der Waals surface area (Å²) >= 11 is 5.94. The van der Waals surface area contributed by atoms with Crippen LogP contribution in [-0.2, 0) is 9.63 Å². The summed E-state index contributed by atoms with van der Waals surface area (Å²) in [5.74, 6) is 0.191. The van der Waals surface area contributed by atoms with Gasteiger partial charge in [-0.1, -0.05) is 41.9 Å². The topological polar surface area (TPSA) is 64.6 Å². The second-order valence-corrected chi connectivity index (χ2v) is 5.35. The number of hydrogen-bond acceptors (Lipinski definition) is 4. The first-order valence-electron chi connectivity index (χ1n) is 7.53. The first-order chi connectivity index (χ1) is 11.7. The highest BCUT2D eigenvalue weighted by Crippen LogP contribution is 2.17. The van der Waals surface area contributed by atoms with Crippen molar-refractivity contribution in [2.45, 2.75) is 12.8 Å². The summed E-state index contributed by atoms with van der Waals surface area (Å²) in [4.78, 5) is 28.6. The van der Waals surface area contributed by atoms with E-state index in [9.17, 15) is 9.59 Å². The minimum Gasteiger partial charge on any atom is -0.491 e. The summed E-state index contributed by atoms with van der Waals surface area (Å²) in [6.07, 6.45) is 0.100. The highest BCUT2D eigenvalue weighted by Gasteiger charge is 2.12. The molecule has 0 atom stereocenters. The molecule has 0 aromatic heterocycles. The average molecular weight is 348 g/mol. The molecule has 2 aromatic carbocycles. The van der Waals surface area contributed by atoms with Gasteiger partial charge in [-0.05, 0) is 24.3 Å². The van der Waals surface area contributed by atoms with Crippen LogP contribution in [0.3, 0.4) is 0 Å². The Bertz CT molecular complexity index is 676. The van der Waals surface area contributed by atoms with Gasteiger partial charge >= 0.3 is 0 Å². The van der Waals surface area contributed by atoms with Crippen LogP contribution >= 0.6 is 11.6 Å². The molecule has 0 aliphatic rings. The number of ketones is 1. The molecule has 0 unspecified atom stereocenters. The number of hydrogen-bond donors (Lipinski definition) is 1. The number of hydroxylamine groups is 1. The third-order valence-corrected chi connectivity index (χ3v) is 3.47. The molecule has 0 saturated carbocycles. The predicted octanol–water partition coefficient (Wildman–Crippen LogP) is 3.43. The highest BCUT2D eigenvalue weighted by atomic mass is 35.5. The average Bonchev–Trinajstić information content (AvgIpc) is 2.60. The Labute approximate surface area is 145 Å². The van der Waals surface area contributed by atoms with Crippen molar-refractivity contribution >= 4 is 23.3 Å². The molecular weight excluding hydrogens is 330 g/mol. The van der Waals surface area contributed by atoms with Crippen LogP contribution < -0.4 is 10.2 Å². The molecule has 1 N–H and O–H groups in total. The molecule has 6 heteroatoms. The summed E-state index contributed by atoms with van der Waals surface area (Å²) in [7, 11) is 0. The largest absolute Gasteiger partial charge is 0.491 e. The first kappa shape index (κ1) is 18.0. The van der Waals surface area contributed by atoms with Gasteiger partial charge < -0.3 is 4.74 Å². The zero-order valence-electron chi connectivity index (χ0n) is 13.0. The van der Waals surface area contributed by atoms with Gasteiger partial charge in [-0.3, -0.25) is 14.4 Å². The number of nitrogens with one attached hydrogen (secondary N) is 1. The van der Waals surface area contributed by atoms with Crippen LogP contribution in [0.2, 0.25) is 5.02 Å². The maximum atomic E-state index is 12.0. The van der Waals surface area contributed by atoms with Crippen molar-refractivity contribution in [1.82, 2.24) is 5.48 Å². The normalized spacial score (nSPS) is 10.2. The van der Waals surface area contributed by atoms with E-state index >= 15 is 0 Å². The summed E-state index contributed by atoms with van der Waals surface area (Å²) in [5.41, 5.74) is 2.71. The number of benzene rings is 2. The molecule has 1 amide bonds. The smallest absolute Gasteiger partial charge is 0.243 e. The van der Waals surface area contributed by atoms with E-state index in [0.29, 0.717) is 17.2 Å². The highest BCUT2D eigenvalue weighted by molar-refractivity contribution is 6.34. The van der Waals surface area contributed by atoms with Gasteiger partial charge in [0.15, 0.2) is 5.78 Å². The van der Waals surface area contributed by atoms with Crippen molar-refractivity contribution < 1.29 is 19.2 Å². The van der Waals surface area contributed by atoms with Gasteiger partial charge in [0.1, 0.15) is 19.0 Å². The van der Waals surface area contributed by atoms with Crippen molar-refractivity contribution in [3.05, 3.63) is 65.2 Å². The van der Waals surface area contributed by atoms with Gasteiger partial charge in [-0.2, -0.15) is 0 Å². The Morgan fingerprint density at radius 2 is 1.62 bits per heavy atom. The van der Waals surface area contributed by atoms with Crippen LogP contribution in [0, 0.1) is 0 Å². The van der Waals surface area contributed by atoms with E-state index in [-0.39, 0.29) is 31.1 Å². The Morgan fingerprint density at radius 1 is 0.917 bits per heavy atom. The van der Waals surface area contributed by atoms with Crippen molar-refractivity contribution in [3.8, 4) is 5.75 Å². The van der Waals surface area contributed by atoms with E-state index < -0.39 is 0 Å². The molecule has 126 valence electrons. The molecule has 0 radical (unpaired) electrons. The van der Waals surface area contributed by atoms with Crippen LogP contribution in [0.15, 0.2) is 54.6 Å². The fourth-order valence-corrected chi connectivity index (χ4v) is 2.19. The molecule has 0 heterocycles. The lowest BCUT2D eigenvalue weighted by Crippen LogP contribution is -2.26. The van der Waals surface area contributed by atoms with Crippen LogP contribution in [0.25, 0.3) is 0 Å². The molecule has 0 bridgehead atoms. The standard InChI is InChI=1S/C18H18ClNO4/c19-16-9-5-4-8-15(16)17(21)10-11-18(22)20-24-13-12-23-14-6-2-1-3-7-14/h1-9H,10-13H2,(H,20,22). The fraction of sp³-hybridized carbons (Fsp3) is 0.222. The van der Waals surface area contributed by atoms with E-state index in [2.05, 4.69) is 5.48 Å². The number of rotatable bonds is 9. The maximum Gasteiger partial charge on any atom is 0.243 e. The quantitative estimate of drug-likeness (QED) is 0.429. The monoisotopic (exact) mass is 347 g/mol. The molecule has 0 spiro atoms. The second kappa shape index (κ2) is 9.70. The Hall–Kier alpha value is -2.37. The molecule has 0 fully saturated rings. The summed E-state index contributed by atoms with van der Waals surface area (Å²) < 4.78 is 5.41. The van der Waals surface area contributed by atoms with E-state index in [1.807, 2.05) is 30.3 Å². The number of carbonyl (C=O) groups is 2. The van der Waals surface area contributed by atoms with E-state index in [1.165, 1.54) is 0 Å². The van der Waals surface area contributed by atoms with Gasteiger partial charge in [0.05, 0.1) is 5.02 Å². The Morgan fingerprint density at radius 3 is 2.38 bits per heavy atom. The lowest BCUT2D eigenvalue weighted by Gasteiger charge is -2.08. The number of carbonyl (C=O) groups excluding carboxylic acids is 2. The van der Waals surface area contributed by atoms with Crippen molar-refractivity contribution in [3.63, 3.8) is 0 Å². The second-order valence-electron chi connectivity index (χ2n) is 4.94. The van der Waals surface area contributed by atoms with Crippen molar-refractivity contribution in [2.24, 2.45) is 0 Å². The SMILES string of the molecule is O=C(CCC(=O)c1ccccc1Cl)NOCCOc1ccccc1. The zero-order valence-corrected chi connectivity index (χ0v) is 13.8. The molecule has 0 aliphatic carbocycles. The molecule has 0 saturated heterocycles. The molecule has 5 nitrogen and oxygen atoms in total. The molecule has 24 heavy (non-hydrogen) atoms. The molecule has 2 aromatic rings. The summed E-state index contributed by atoms with van der Waals surface area (Å²) in [5, 5.41) is 0.386. The number of para-hydroxylation sites is 1. The minimum absolute atomic E-state index is 0.0313. The summed E-state index contributed by atoms with van der Waals surface area (Å²) in [6, 6.07) is 16.1. The van der Waals surface area contributed by atoms with E-state index in [4.69, 9.17) is 21.2 Å². The van der Waals surface area contributed by atoms with Crippen LogP contribution in [0.4, 0.5) is 0 Å². The number of halogens is 1. The number of amides is 1. The lowest BCUT2D eigenvalue weighted by atomic mass is 10.1. The third-order valence-electron chi connectivity index (χ3n) is 3.14. The zero-order chi connectivity index (χ0) is 17.2. The van der Waals surface area contributed by atoms with Crippen LogP contribution in [0.5, 0.6) is 5.75 Å². The number of ether oxygens (including phenoxy) is 1. The van der Waals surface area contributed by atoms with E-state index in [1.54, 1.807) is 24.3 Å². The van der Waals surface area contributed by atoms with Crippen molar-refractivity contribution in [1.29, 1.82) is 0 Å². The van der Waals surface area contributed by atoms with Crippen LogP contribution in [0.1, 0.15) is 23.2 Å². The van der Waals surface area contributed by atoms with Gasteiger partial charge in [0, 0.05) is 18.4 Å². The lowest BCUT2D eigenvalue weighted by molar-refractivity contribution is -0.134. The predicted molar refractivity (Wildman–Crippen MR) is 91.0 cm³/mol. The van der Waals surface area contributed by atoms with Gasteiger partial charge in [0.2, 0.25) is 5.91 Å². The summed E-state index contributed by atoms with van der Waals surface area (Å²) in [6.45, 7) is 0.516. The third kappa shape index (κ3) is 6.02. The molecular formula is C18H18ClNO4. The fourth-order valence-electron chi connectivity index (χ4n) is 1.95. The van der Waals surface area contributed by atoms with Gasteiger partial charge in [-0.25, -0.2) is 5.48 Å². The number of Topliss-reactive ketones (excluding diaryl/α,β-unsaturated/α-hetero) is 1. The maximum absolute atomic E-state index is 12.0. The van der Waals surface area contributed by atoms with Crippen LogP contribution in [-0.4, -0.2) is 24.9 Å². The Balaban J connectivity index is 1.60. The molecule has 0 aliphatic heterocycles. The Kier molecular flexibility index (Phi) is 7.26. The first-order valence-corrected chi connectivity index (χ1v) is 7.91. The van der Waals surface area contributed by atoms with Gasteiger partial charge in [0.25, 0.3) is 0 Å². The van der Waals surface area contributed by atoms with Gasteiger partial charge in [-0.15, -0.1) is 0 Å².